The first-order valence-corrected chi connectivity index (χ1v) is 5.68. The number of hydrogen-bond donors (Lipinski definition) is 1. The third-order valence-corrected chi connectivity index (χ3v) is 2.61. The summed E-state index contributed by atoms with van der Waals surface area (Å²) < 4.78 is 5.51. The van der Waals surface area contributed by atoms with E-state index >= 15 is 0 Å². The average Bonchev–Trinajstić information content (AvgIpc) is 2.98. The van der Waals surface area contributed by atoms with Crippen LogP contribution in [0.2, 0.25) is 0 Å². The molecule has 7 heteroatoms. The van der Waals surface area contributed by atoms with Crippen molar-refractivity contribution in [3.8, 4) is 22.9 Å². The van der Waals surface area contributed by atoms with Gasteiger partial charge in [0.2, 0.25) is 11.8 Å². The molecular formula is C13H8N4O3. The number of nitrogens with zero attached hydrogens (tertiary/aromatic N) is 4. The van der Waals surface area contributed by atoms with Crippen molar-refractivity contribution in [1.82, 2.24) is 20.4 Å². The third-order valence-electron chi connectivity index (χ3n) is 2.61. The monoisotopic (exact) mass is 268 g/mol. The summed E-state index contributed by atoms with van der Waals surface area (Å²) in [5.74, 6) is -0.458. The van der Waals surface area contributed by atoms with E-state index in [1.54, 1.807) is 18.2 Å². The van der Waals surface area contributed by atoms with Gasteiger partial charge in [-0.25, -0.2) is 4.79 Å². The van der Waals surface area contributed by atoms with Crippen LogP contribution in [-0.2, 0) is 0 Å². The molecule has 1 N–H and O–H groups in total. The Morgan fingerprint density at radius 1 is 1.05 bits per heavy atom. The van der Waals surface area contributed by atoms with Gasteiger partial charge in [-0.3, -0.25) is 0 Å². The zero-order valence-corrected chi connectivity index (χ0v) is 10.1. The molecule has 0 saturated carbocycles. The van der Waals surface area contributed by atoms with Gasteiger partial charge in [-0.05, 0) is 24.3 Å². The Kier molecular flexibility index (Phi) is 2.92. The number of hydrogen-bond acceptors (Lipinski definition) is 6. The SMILES string of the molecule is O=C(O)c1cccc(-c2nnc(-c3ccnnc3)o2)c1. The van der Waals surface area contributed by atoms with E-state index in [0.29, 0.717) is 17.0 Å². The Labute approximate surface area is 112 Å². The molecule has 0 aliphatic rings. The number of benzene rings is 1. The standard InChI is InChI=1S/C13H8N4O3/c18-13(19)9-3-1-2-8(6-9)11-16-17-12(20-11)10-4-5-14-15-7-10/h1-7H,(H,18,19). The molecule has 0 spiro atoms. The average molecular weight is 268 g/mol. The second-order valence-electron chi connectivity index (χ2n) is 3.93. The second kappa shape index (κ2) is 4.88. The predicted molar refractivity (Wildman–Crippen MR) is 67.7 cm³/mol. The van der Waals surface area contributed by atoms with Crippen molar-refractivity contribution in [2.45, 2.75) is 0 Å². The highest BCUT2D eigenvalue weighted by Crippen LogP contribution is 2.23. The molecule has 0 unspecified atom stereocenters. The van der Waals surface area contributed by atoms with E-state index in [-0.39, 0.29) is 11.5 Å². The summed E-state index contributed by atoms with van der Waals surface area (Å²) in [5, 5.41) is 24.2. The Balaban J connectivity index is 1.98. The van der Waals surface area contributed by atoms with Crippen LogP contribution in [0.25, 0.3) is 22.9 Å². The minimum Gasteiger partial charge on any atom is -0.478 e. The van der Waals surface area contributed by atoms with Crippen LogP contribution in [0.3, 0.4) is 0 Å². The number of rotatable bonds is 3. The fourth-order valence-electron chi connectivity index (χ4n) is 1.66. The lowest BCUT2D eigenvalue weighted by molar-refractivity contribution is 0.0697. The van der Waals surface area contributed by atoms with Gasteiger partial charge >= 0.3 is 5.97 Å². The van der Waals surface area contributed by atoms with Crippen LogP contribution in [0.5, 0.6) is 0 Å². The number of aromatic nitrogens is 4. The van der Waals surface area contributed by atoms with Gasteiger partial charge in [0, 0.05) is 5.56 Å². The Morgan fingerprint density at radius 2 is 1.85 bits per heavy atom. The van der Waals surface area contributed by atoms with E-state index in [9.17, 15) is 4.79 Å². The van der Waals surface area contributed by atoms with Gasteiger partial charge < -0.3 is 9.52 Å². The molecule has 20 heavy (non-hydrogen) atoms. The summed E-state index contributed by atoms with van der Waals surface area (Å²) in [6.45, 7) is 0. The predicted octanol–water partition coefficient (Wildman–Crippen LogP) is 1.89. The van der Waals surface area contributed by atoms with E-state index in [1.165, 1.54) is 24.5 Å². The van der Waals surface area contributed by atoms with Gasteiger partial charge in [0.1, 0.15) is 0 Å². The Bertz CT molecular complexity index is 755. The van der Waals surface area contributed by atoms with Crippen LogP contribution in [-0.4, -0.2) is 31.5 Å². The topological polar surface area (TPSA) is 102 Å². The number of carboxylic acid groups (broad SMARTS) is 1. The summed E-state index contributed by atoms with van der Waals surface area (Å²) in [5.41, 5.74) is 1.35. The first-order chi connectivity index (χ1) is 9.74. The van der Waals surface area contributed by atoms with Crippen molar-refractivity contribution in [3.05, 3.63) is 48.3 Å². The Hall–Kier alpha value is -3.09. The number of carboxylic acids is 1. The minimum atomic E-state index is -1.01. The van der Waals surface area contributed by atoms with E-state index in [2.05, 4.69) is 20.4 Å². The molecule has 0 amide bonds. The summed E-state index contributed by atoms with van der Waals surface area (Å²) in [4.78, 5) is 10.9. The van der Waals surface area contributed by atoms with E-state index < -0.39 is 5.97 Å². The van der Waals surface area contributed by atoms with Crippen molar-refractivity contribution >= 4 is 5.97 Å². The maximum atomic E-state index is 10.9. The second-order valence-corrected chi connectivity index (χ2v) is 3.93. The van der Waals surface area contributed by atoms with Gasteiger partial charge in [0.05, 0.1) is 23.5 Å². The van der Waals surface area contributed by atoms with E-state index in [0.717, 1.165) is 0 Å². The highest BCUT2D eigenvalue weighted by atomic mass is 16.4. The van der Waals surface area contributed by atoms with Crippen molar-refractivity contribution in [3.63, 3.8) is 0 Å². The lowest BCUT2D eigenvalue weighted by Crippen LogP contribution is -1.95. The van der Waals surface area contributed by atoms with Gasteiger partial charge in [0.25, 0.3) is 0 Å². The highest BCUT2D eigenvalue weighted by Gasteiger charge is 2.12. The maximum Gasteiger partial charge on any atom is 0.335 e. The largest absolute Gasteiger partial charge is 0.478 e. The van der Waals surface area contributed by atoms with Crippen LogP contribution in [0.15, 0.2) is 47.1 Å². The highest BCUT2D eigenvalue weighted by molar-refractivity contribution is 5.88. The lowest BCUT2D eigenvalue weighted by atomic mass is 10.1. The van der Waals surface area contributed by atoms with Crippen molar-refractivity contribution < 1.29 is 14.3 Å². The van der Waals surface area contributed by atoms with Crippen LogP contribution < -0.4 is 0 Å². The van der Waals surface area contributed by atoms with Gasteiger partial charge in [-0.1, -0.05) is 6.07 Å². The quantitative estimate of drug-likeness (QED) is 0.773. The first-order valence-electron chi connectivity index (χ1n) is 5.68. The van der Waals surface area contributed by atoms with E-state index in [4.69, 9.17) is 9.52 Å². The molecule has 3 rings (SSSR count). The minimum absolute atomic E-state index is 0.160. The van der Waals surface area contributed by atoms with Crippen LogP contribution in [0.1, 0.15) is 10.4 Å². The summed E-state index contributed by atoms with van der Waals surface area (Å²) >= 11 is 0. The molecule has 98 valence electrons. The van der Waals surface area contributed by atoms with Crippen LogP contribution in [0, 0.1) is 0 Å². The summed E-state index contributed by atoms with van der Waals surface area (Å²) in [6.07, 6.45) is 3.02. The molecule has 3 aromatic rings. The molecule has 7 nitrogen and oxygen atoms in total. The normalized spacial score (nSPS) is 10.4. The molecular weight excluding hydrogens is 260 g/mol. The molecule has 0 atom stereocenters. The van der Waals surface area contributed by atoms with Crippen molar-refractivity contribution in [2.75, 3.05) is 0 Å². The number of aromatic carboxylic acids is 1. The smallest absolute Gasteiger partial charge is 0.335 e. The van der Waals surface area contributed by atoms with E-state index in [1.807, 2.05) is 0 Å². The molecule has 0 bridgehead atoms. The lowest BCUT2D eigenvalue weighted by Gasteiger charge is -1.97. The molecule has 0 saturated heterocycles. The summed E-state index contributed by atoms with van der Waals surface area (Å²) in [7, 11) is 0. The zero-order valence-electron chi connectivity index (χ0n) is 10.1. The van der Waals surface area contributed by atoms with Crippen LogP contribution >= 0.6 is 0 Å². The maximum absolute atomic E-state index is 10.9. The first kappa shape index (κ1) is 12.0. The number of carbonyl (C=O) groups is 1. The molecule has 2 heterocycles. The zero-order chi connectivity index (χ0) is 13.9. The van der Waals surface area contributed by atoms with Crippen molar-refractivity contribution in [1.29, 1.82) is 0 Å². The fraction of sp³-hybridized carbons (Fsp3) is 0. The Morgan fingerprint density at radius 3 is 2.55 bits per heavy atom. The molecule has 0 radical (unpaired) electrons. The van der Waals surface area contributed by atoms with Gasteiger partial charge in [-0.15, -0.1) is 10.2 Å². The third kappa shape index (κ3) is 2.24. The molecule has 0 aliphatic carbocycles. The fourth-order valence-corrected chi connectivity index (χ4v) is 1.66. The molecule has 1 aromatic carbocycles. The molecule has 2 aromatic heterocycles. The molecule has 0 fully saturated rings. The van der Waals surface area contributed by atoms with Crippen LogP contribution in [0.4, 0.5) is 0 Å². The van der Waals surface area contributed by atoms with Crippen molar-refractivity contribution in [2.24, 2.45) is 0 Å². The molecule has 0 aliphatic heterocycles. The van der Waals surface area contributed by atoms with Gasteiger partial charge in [-0.2, -0.15) is 10.2 Å². The van der Waals surface area contributed by atoms with Gasteiger partial charge in [0.15, 0.2) is 0 Å². The summed E-state index contributed by atoms with van der Waals surface area (Å²) in [6, 6.07) is 7.99.